The maximum atomic E-state index is 6.37. The van der Waals surface area contributed by atoms with Gasteiger partial charge in [0, 0.05) is 5.69 Å². The summed E-state index contributed by atoms with van der Waals surface area (Å²) < 4.78 is 0. The van der Waals surface area contributed by atoms with Gasteiger partial charge < -0.3 is 10.7 Å². The van der Waals surface area contributed by atoms with Gasteiger partial charge in [-0.3, -0.25) is 0 Å². The molecule has 0 atom stereocenters. The van der Waals surface area contributed by atoms with Crippen molar-refractivity contribution in [2.75, 3.05) is 0 Å². The lowest BCUT2D eigenvalue weighted by atomic mass is 9.98. The first kappa shape index (κ1) is 10.7. The minimum atomic E-state index is -0.183. The third-order valence-corrected chi connectivity index (χ3v) is 3.44. The quantitative estimate of drug-likeness (QED) is 0.783. The molecule has 0 amide bonds. The van der Waals surface area contributed by atoms with E-state index < -0.39 is 0 Å². The largest absolute Gasteiger partial charge is 0.344 e. The molecule has 1 aliphatic carbocycles. The van der Waals surface area contributed by atoms with Crippen LogP contribution in [-0.2, 0) is 5.54 Å². The van der Waals surface area contributed by atoms with E-state index in [-0.39, 0.29) is 5.54 Å². The Labute approximate surface area is 91.5 Å². The van der Waals surface area contributed by atoms with E-state index in [0.29, 0.717) is 5.92 Å². The number of nitrogens with one attached hydrogen (secondary N) is 1. The minimum absolute atomic E-state index is 0.183. The van der Waals surface area contributed by atoms with Crippen LogP contribution in [0.1, 0.15) is 62.7 Å². The summed E-state index contributed by atoms with van der Waals surface area (Å²) in [7, 11) is 0. The van der Waals surface area contributed by atoms with E-state index in [1.54, 1.807) is 0 Å². The van der Waals surface area contributed by atoms with Crippen LogP contribution in [0.5, 0.6) is 0 Å². The van der Waals surface area contributed by atoms with Gasteiger partial charge in [-0.1, -0.05) is 26.7 Å². The molecule has 84 valence electrons. The van der Waals surface area contributed by atoms with Crippen LogP contribution in [0, 0.1) is 6.92 Å². The van der Waals surface area contributed by atoms with Gasteiger partial charge in [0.05, 0.1) is 11.2 Å². The maximum absolute atomic E-state index is 6.37. The smallest absolute Gasteiger partial charge is 0.126 e. The third kappa shape index (κ3) is 1.81. The molecule has 3 nitrogen and oxygen atoms in total. The molecule has 1 heterocycles. The molecule has 0 radical (unpaired) electrons. The molecule has 3 heteroatoms. The van der Waals surface area contributed by atoms with Crippen molar-refractivity contribution in [2.45, 2.75) is 57.9 Å². The minimum Gasteiger partial charge on any atom is -0.344 e. The second-order valence-corrected chi connectivity index (χ2v) is 5.11. The number of hydrogen-bond donors (Lipinski definition) is 2. The topological polar surface area (TPSA) is 54.7 Å². The lowest BCUT2D eigenvalue weighted by molar-refractivity contribution is 0.434. The summed E-state index contributed by atoms with van der Waals surface area (Å²) in [5.41, 5.74) is 8.53. The average Bonchev–Trinajstić information content (AvgIpc) is 2.72. The number of nitrogens with two attached hydrogens (primary N) is 1. The fourth-order valence-electron chi connectivity index (χ4n) is 2.51. The first-order chi connectivity index (χ1) is 7.03. The Morgan fingerprint density at radius 3 is 2.40 bits per heavy atom. The van der Waals surface area contributed by atoms with E-state index in [0.717, 1.165) is 18.7 Å². The Balaban J connectivity index is 2.33. The highest BCUT2D eigenvalue weighted by molar-refractivity contribution is 5.21. The van der Waals surface area contributed by atoms with E-state index in [4.69, 9.17) is 5.73 Å². The normalized spacial score (nSPS) is 20.1. The predicted octanol–water partition coefficient (Wildman–Crippen LogP) is 2.57. The molecule has 2 rings (SSSR count). The van der Waals surface area contributed by atoms with Gasteiger partial charge in [-0.25, -0.2) is 4.98 Å². The molecule has 0 saturated heterocycles. The van der Waals surface area contributed by atoms with Crippen molar-refractivity contribution in [3.05, 3.63) is 17.2 Å². The molecular weight excluding hydrogens is 186 g/mol. The van der Waals surface area contributed by atoms with E-state index in [1.807, 2.05) is 0 Å². The first-order valence-corrected chi connectivity index (χ1v) is 5.89. The Bertz CT molecular complexity index is 346. The zero-order valence-corrected chi connectivity index (χ0v) is 9.93. The predicted molar refractivity (Wildman–Crippen MR) is 61.7 cm³/mol. The van der Waals surface area contributed by atoms with Gasteiger partial charge >= 0.3 is 0 Å². The second-order valence-electron chi connectivity index (χ2n) is 5.11. The highest BCUT2D eigenvalue weighted by Gasteiger charge is 2.34. The van der Waals surface area contributed by atoms with Crippen LogP contribution in [-0.4, -0.2) is 9.97 Å². The van der Waals surface area contributed by atoms with Crippen molar-refractivity contribution >= 4 is 0 Å². The number of hydrogen-bond acceptors (Lipinski definition) is 2. The van der Waals surface area contributed by atoms with Crippen LogP contribution in [0.2, 0.25) is 0 Å². The van der Waals surface area contributed by atoms with Crippen molar-refractivity contribution in [2.24, 2.45) is 5.73 Å². The van der Waals surface area contributed by atoms with Gasteiger partial charge in [0.2, 0.25) is 0 Å². The van der Waals surface area contributed by atoms with E-state index in [1.165, 1.54) is 24.2 Å². The Morgan fingerprint density at radius 1 is 1.33 bits per heavy atom. The zero-order chi connectivity index (χ0) is 11.1. The van der Waals surface area contributed by atoms with Crippen molar-refractivity contribution in [1.82, 2.24) is 9.97 Å². The molecule has 1 aromatic rings. The number of imidazole rings is 1. The van der Waals surface area contributed by atoms with Gasteiger partial charge in [-0.2, -0.15) is 0 Å². The molecule has 1 aromatic heterocycles. The number of aromatic nitrogens is 2. The Hall–Kier alpha value is -0.830. The molecule has 1 saturated carbocycles. The molecule has 0 spiro atoms. The standard InChI is InChI=1S/C12H21N3/c1-8(2)10-9(3)14-11(15-10)12(13)6-4-5-7-12/h8H,4-7,13H2,1-3H3,(H,14,15). The molecule has 1 aliphatic rings. The van der Waals surface area contributed by atoms with Crippen LogP contribution >= 0.6 is 0 Å². The SMILES string of the molecule is Cc1[nH]c(C2(N)CCCC2)nc1C(C)C. The molecule has 15 heavy (non-hydrogen) atoms. The number of nitrogens with zero attached hydrogens (tertiary/aromatic N) is 1. The maximum Gasteiger partial charge on any atom is 0.126 e. The van der Waals surface area contributed by atoms with Crippen LogP contribution in [0.3, 0.4) is 0 Å². The molecule has 0 aliphatic heterocycles. The summed E-state index contributed by atoms with van der Waals surface area (Å²) in [5, 5.41) is 0. The van der Waals surface area contributed by atoms with Gasteiger partial charge in [-0.05, 0) is 25.7 Å². The summed E-state index contributed by atoms with van der Waals surface area (Å²) in [6, 6.07) is 0. The van der Waals surface area contributed by atoms with Crippen molar-refractivity contribution < 1.29 is 0 Å². The molecule has 3 N–H and O–H groups in total. The molecular formula is C12H21N3. The molecule has 0 aromatic carbocycles. The highest BCUT2D eigenvalue weighted by atomic mass is 15.0. The highest BCUT2D eigenvalue weighted by Crippen LogP contribution is 2.35. The van der Waals surface area contributed by atoms with Crippen LogP contribution < -0.4 is 5.73 Å². The fourth-order valence-corrected chi connectivity index (χ4v) is 2.51. The summed E-state index contributed by atoms with van der Waals surface area (Å²) in [4.78, 5) is 8.05. The average molecular weight is 207 g/mol. The van der Waals surface area contributed by atoms with Crippen molar-refractivity contribution in [3.63, 3.8) is 0 Å². The van der Waals surface area contributed by atoms with E-state index >= 15 is 0 Å². The van der Waals surface area contributed by atoms with Gasteiger partial charge in [0.25, 0.3) is 0 Å². The van der Waals surface area contributed by atoms with Crippen molar-refractivity contribution in [3.8, 4) is 0 Å². The van der Waals surface area contributed by atoms with Crippen LogP contribution in [0.4, 0.5) is 0 Å². The molecule has 1 fully saturated rings. The molecule has 0 bridgehead atoms. The third-order valence-electron chi connectivity index (χ3n) is 3.44. The Morgan fingerprint density at radius 2 is 1.93 bits per heavy atom. The van der Waals surface area contributed by atoms with Crippen molar-refractivity contribution in [1.29, 1.82) is 0 Å². The summed E-state index contributed by atoms with van der Waals surface area (Å²) in [5.74, 6) is 1.47. The summed E-state index contributed by atoms with van der Waals surface area (Å²) >= 11 is 0. The number of aromatic amines is 1. The van der Waals surface area contributed by atoms with Crippen LogP contribution in [0.15, 0.2) is 0 Å². The number of rotatable bonds is 2. The first-order valence-electron chi connectivity index (χ1n) is 5.89. The lowest BCUT2D eigenvalue weighted by Crippen LogP contribution is -2.34. The Kier molecular flexibility index (Phi) is 2.59. The number of H-pyrrole nitrogens is 1. The fraction of sp³-hybridized carbons (Fsp3) is 0.750. The van der Waals surface area contributed by atoms with E-state index in [9.17, 15) is 0 Å². The van der Waals surface area contributed by atoms with Gasteiger partial charge in [-0.15, -0.1) is 0 Å². The second kappa shape index (κ2) is 3.63. The lowest BCUT2D eigenvalue weighted by Gasteiger charge is -2.20. The van der Waals surface area contributed by atoms with Crippen LogP contribution in [0.25, 0.3) is 0 Å². The number of aryl methyl sites for hydroxylation is 1. The summed E-state index contributed by atoms with van der Waals surface area (Å²) in [6.07, 6.45) is 4.59. The van der Waals surface area contributed by atoms with Gasteiger partial charge in [0.15, 0.2) is 0 Å². The van der Waals surface area contributed by atoms with E-state index in [2.05, 4.69) is 30.7 Å². The monoisotopic (exact) mass is 207 g/mol. The zero-order valence-electron chi connectivity index (χ0n) is 9.93. The summed E-state index contributed by atoms with van der Waals surface area (Å²) in [6.45, 7) is 6.43. The van der Waals surface area contributed by atoms with Gasteiger partial charge in [0.1, 0.15) is 5.82 Å². The molecule has 0 unspecified atom stereocenters.